The van der Waals surface area contributed by atoms with Gasteiger partial charge in [-0.1, -0.05) is 20.8 Å². The Kier molecular flexibility index (Phi) is 3.55. The second-order valence-corrected chi connectivity index (χ2v) is 4.87. The minimum absolute atomic E-state index is 0.101. The van der Waals surface area contributed by atoms with Crippen LogP contribution in [0, 0.1) is 5.41 Å². The van der Waals surface area contributed by atoms with Crippen molar-refractivity contribution in [1.29, 1.82) is 0 Å². The molecule has 3 N–H and O–H groups in total. The highest BCUT2D eigenvalue weighted by Gasteiger charge is 2.43. The van der Waals surface area contributed by atoms with E-state index in [1.54, 1.807) is 25.4 Å². The van der Waals surface area contributed by atoms with Crippen LogP contribution in [0.3, 0.4) is 0 Å². The normalized spacial score (nSPS) is 15.6. The standard InChI is InChI=1S/C12H20N2O2/c1-11(2,3)12(15,8-13)10-9(16-4)6-5-7-14-10/h5-7,15H,8,13H2,1-4H3. The summed E-state index contributed by atoms with van der Waals surface area (Å²) in [4.78, 5) is 4.20. The summed E-state index contributed by atoms with van der Waals surface area (Å²) in [6, 6.07) is 3.54. The molecule has 1 rings (SSSR count). The van der Waals surface area contributed by atoms with Crippen molar-refractivity contribution in [3.63, 3.8) is 0 Å². The molecule has 0 aliphatic rings. The Bertz CT molecular complexity index is 360. The zero-order valence-electron chi connectivity index (χ0n) is 10.3. The molecule has 1 aromatic heterocycles. The maximum absolute atomic E-state index is 10.7. The van der Waals surface area contributed by atoms with Gasteiger partial charge in [0, 0.05) is 12.7 Å². The molecule has 1 atom stereocenters. The summed E-state index contributed by atoms with van der Waals surface area (Å²) in [7, 11) is 1.56. The molecule has 1 aromatic rings. The molecule has 1 unspecified atom stereocenters. The molecular weight excluding hydrogens is 204 g/mol. The number of rotatable bonds is 3. The lowest BCUT2D eigenvalue weighted by molar-refractivity contribution is -0.0608. The number of ether oxygens (including phenoxy) is 1. The van der Waals surface area contributed by atoms with Crippen LogP contribution in [0.1, 0.15) is 26.5 Å². The average Bonchev–Trinajstić information content (AvgIpc) is 2.26. The summed E-state index contributed by atoms with van der Waals surface area (Å²) in [5, 5.41) is 10.7. The minimum Gasteiger partial charge on any atom is -0.495 e. The zero-order chi connectivity index (χ0) is 12.4. The Morgan fingerprint density at radius 1 is 1.44 bits per heavy atom. The molecule has 90 valence electrons. The van der Waals surface area contributed by atoms with E-state index in [-0.39, 0.29) is 6.54 Å². The maximum Gasteiger partial charge on any atom is 0.143 e. The molecule has 0 fully saturated rings. The van der Waals surface area contributed by atoms with E-state index in [9.17, 15) is 5.11 Å². The van der Waals surface area contributed by atoms with Gasteiger partial charge in [-0.25, -0.2) is 0 Å². The molecule has 0 spiro atoms. The summed E-state index contributed by atoms with van der Waals surface area (Å²) in [5.41, 5.74) is 4.59. The van der Waals surface area contributed by atoms with Crippen LogP contribution in [0.15, 0.2) is 18.3 Å². The van der Waals surface area contributed by atoms with E-state index in [0.29, 0.717) is 11.4 Å². The molecule has 4 nitrogen and oxygen atoms in total. The number of nitrogens with zero attached hydrogens (tertiary/aromatic N) is 1. The van der Waals surface area contributed by atoms with Gasteiger partial charge in [0.1, 0.15) is 17.0 Å². The van der Waals surface area contributed by atoms with Crippen LogP contribution >= 0.6 is 0 Å². The number of pyridine rings is 1. The minimum atomic E-state index is -1.19. The predicted octanol–water partition coefficient (Wildman–Crippen LogP) is 1.28. The second kappa shape index (κ2) is 4.39. The van der Waals surface area contributed by atoms with Gasteiger partial charge in [-0.15, -0.1) is 0 Å². The fourth-order valence-corrected chi connectivity index (χ4v) is 1.62. The first-order valence-electron chi connectivity index (χ1n) is 5.28. The van der Waals surface area contributed by atoms with Crippen molar-refractivity contribution in [1.82, 2.24) is 4.98 Å². The zero-order valence-corrected chi connectivity index (χ0v) is 10.3. The van der Waals surface area contributed by atoms with E-state index in [4.69, 9.17) is 10.5 Å². The third-order valence-corrected chi connectivity index (χ3v) is 2.92. The first-order valence-corrected chi connectivity index (χ1v) is 5.28. The Labute approximate surface area is 96.5 Å². The molecule has 0 bridgehead atoms. The summed E-state index contributed by atoms with van der Waals surface area (Å²) in [6.45, 7) is 5.87. The maximum atomic E-state index is 10.7. The van der Waals surface area contributed by atoms with Gasteiger partial charge < -0.3 is 15.6 Å². The Morgan fingerprint density at radius 2 is 2.06 bits per heavy atom. The third kappa shape index (κ3) is 2.03. The summed E-state index contributed by atoms with van der Waals surface area (Å²) in [5.74, 6) is 0.561. The molecule has 0 aliphatic heterocycles. The number of hydrogen-bond acceptors (Lipinski definition) is 4. The monoisotopic (exact) mass is 224 g/mol. The Hall–Kier alpha value is -1.13. The summed E-state index contributed by atoms with van der Waals surface area (Å²) in [6.07, 6.45) is 1.63. The van der Waals surface area contributed by atoms with Gasteiger partial charge in [0.15, 0.2) is 0 Å². The number of aliphatic hydroxyl groups is 1. The largest absolute Gasteiger partial charge is 0.495 e. The van der Waals surface area contributed by atoms with E-state index in [1.165, 1.54) is 0 Å². The van der Waals surface area contributed by atoms with Crippen molar-refractivity contribution in [3.8, 4) is 5.75 Å². The molecule has 0 amide bonds. The highest BCUT2D eigenvalue weighted by atomic mass is 16.5. The van der Waals surface area contributed by atoms with Crippen molar-refractivity contribution in [3.05, 3.63) is 24.0 Å². The van der Waals surface area contributed by atoms with E-state index < -0.39 is 11.0 Å². The van der Waals surface area contributed by atoms with Gasteiger partial charge in [0.25, 0.3) is 0 Å². The quantitative estimate of drug-likeness (QED) is 0.811. The molecule has 0 radical (unpaired) electrons. The van der Waals surface area contributed by atoms with E-state index in [0.717, 1.165) is 0 Å². The molecule has 1 heterocycles. The molecule has 4 heteroatoms. The molecule has 16 heavy (non-hydrogen) atoms. The lowest BCUT2D eigenvalue weighted by Gasteiger charge is -2.39. The fraction of sp³-hybridized carbons (Fsp3) is 0.583. The van der Waals surface area contributed by atoms with E-state index in [1.807, 2.05) is 20.8 Å². The van der Waals surface area contributed by atoms with Gasteiger partial charge in [-0.3, -0.25) is 4.98 Å². The number of nitrogens with two attached hydrogens (primary N) is 1. The van der Waals surface area contributed by atoms with Crippen LogP contribution in [-0.4, -0.2) is 23.7 Å². The van der Waals surface area contributed by atoms with Gasteiger partial charge in [-0.2, -0.15) is 0 Å². The molecule has 0 aliphatic carbocycles. The van der Waals surface area contributed by atoms with Gasteiger partial charge >= 0.3 is 0 Å². The number of hydrogen-bond donors (Lipinski definition) is 2. The lowest BCUT2D eigenvalue weighted by atomic mass is 9.74. The van der Waals surface area contributed by atoms with Gasteiger partial charge in [-0.05, 0) is 17.5 Å². The van der Waals surface area contributed by atoms with Gasteiger partial charge in [0.05, 0.1) is 7.11 Å². The van der Waals surface area contributed by atoms with Gasteiger partial charge in [0.2, 0.25) is 0 Å². The van der Waals surface area contributed by atoms with Crippen molar-refractivity contribution >= 4 is 0 Å². The Balaban J connectivity index is 3.33. The van der Waals surface area contributed by atoms with Crippen LogP contribution in [0.5, 0.6) is 5.75 Å². The first-order chi connectivity index (χ1) is 7.36. The van der Waals surface area contributed by atoms with E-state index >= 15 is 0 Å². The summed E-state index contributed by atoms with van der Waals surface area (Å²) < 4.78 is 5.21. The van der Waals surface area contributed by atoms with Crippen LogP contribution in [0.4, 0.5) is 0 Å². The number of methoxy groups -OCH3 is 1. The van der Waals surface area contributed by atoms with Crippen LogP contribution in [-0.2, 0) is 5.60 Å². The molecule has 0 saturated heterocycles. The Morgan fingerprint density at radius 3 is 2.50 bits per heavy atom. The third-order valence-electron chi connectivity index (χ3n) is 2.92. The van der Waals surface area contributed by atoms with E-state index in [2.05, 4.69) is 4.98 Å². The van der Waals surface area contributed by atoms with Crippen molar-refractivity contribution in [2.24, 2.45) is 11.1 Å². The molecular formula is C12H20N2O2. The van der Waals surface area contributed by atoms with Crippen LogP contribution in [0.25, 0.3) is 0 Å². The second-order valence-electron chi connectivity index (χ2n) is 4.87. The predicted molar refractivity (Wildman–Crippen MR) is 63.2 cm³/mol. The highest BCUT2D eigenvalue weighted by Crippen LogP contribution is 2.40. The average molecular weight is 224 g/mol. The van der Waals surface area contributed by atoms with Crippen LogP contribution < -0.4 is 10.5 Å². The molecule has 0 saturated carbocycles. The first kappa shape index (κ1) is 12.9. The SMILES string of the molecule is COc1cccnc1C(O)(CN)C(C)(C)C. The smallest absolute Gasteiger partial charge is 0.143 e. The summed E-state index contributed by atoms with van der Waals surface area (Å²) >= 11 is 0. The van der Waals surface area contributed by atoms with Crippen molar-refractivity contribution < 1.29 is 9.84 Å². The van der Waals surface area contributed by atoms with Crippen molar-refractivity contribution in [2.75, 3.05) is 13.7 Å². The topological polar surface area (TPSA) is 68.4 Å². The van der Waals surface area contributed by atoms with Crippen LogP contribution in [0.2, 0.25) is 0 Å². The lowest BCUT2D eigenvalue weighted by Crippen LogP contribution is -2.47. The highest BCUT2D eigenvalue weighted by molar-refractivity contribution is 5.33. The molecule has 0 aromatic carbocycles. The number of aromatic nitrogens is 1. The fourth-order valence-electron chi connectivity index (χ4n) is 1.62. The van der Waals surface area contributed by atoms with Crippen molar-refractivity contribution in [2.45, 2.75) is 26.4 Å².